The standard InChI is InChI=1S/C12H26N4O/c1-4-15(5-2)12(17)10(3)16-7-6-14-9-11(16)8-13/h10-11,14H,4-9,13H2,1-3H3. The minimum atomic E-state index is -0.0643. The highest BCUT2D eigenvalue weighted by Crippen LogP contribution is 2.10. The van der Waals surface area contributed by atoms with Gasteiger partial charge in [0.05, 0.1) is 6.04 Å². The van der Waals surface area contributed by atoms with Gasteiger partial charge in [-0.3, -0.25) is 9.69 Å². The smallest absolute Gasteiger partial charge is 0.239 e. The third-order valence-corrected chi connectivity index (χ3v) is 3.60. The van der Waals surface area contributed by atoms with Gasteiger partial charge in [0.15, 0.2) is 0 Å². The Morgan fingerprint density at radius 3 is 2.71 bits per heavy atom. The number of carbonyl (C=O) groups excluding carboxylic acids is 1. The lowest BCUT2D eigenvalue weighted by molar-refractivity contribution is -0.137. The molecule has 1 rings (SSSR count). The number of likely N-dealkylation sites (N-methyl/N-ethyl adjacent to an activating group) is 1. The molecule has 100 valence electrons. The SMILES string of the molecule is CCN(CC)C(=O)C(C)N1CCNCC1CN. The molecule has 1 aliphatic heterocycles. The summed E-state index contributed by atoms with van der Waals surface area (Å²) in [5.74, 6) is 0.218. The van der Waals surface area contributed by atoms with Crippen LogP contribution < -0.4 is 11.1 Å². The lowest BCUT2D eigenvalue weighted by atomic mass is 10.1. The first-order valence-corrected chi connectivity index (χ1v) is 6.60. The van der Waals surface area contributed by atoms with E-state index in [4.69, 9.17) is 5.73 Å². The maximum Gasteiger partial charge on any atom is 0.239 e. The molecule has 2 atom stereocenters. The van der Waals surface area contributed by atoms with Crippen molar-refractivity contribution in [2.45, 2.75) is 32.9 Å². The Morgan fingerprint density at radius 1 is 1.53 bits per heavy atom. The molecule has 1 saturated heterocycles. The summed E-state index contributed by atoms with van der Waals surface area (Å²) in [7, 11) is 0. The predicted octanol–water partition coefficient (Wildman–Crippen LogP) is -0.524. The van der Waals surface area contributed by atoms with E-state index in [2.05, 4.69) is 10.2 Å². The van der Waals surface area contributed by atoms with Crippen LogP contribution in [0, 0.1) is 0 Å². The Hall–Kier alpha value is -0.650. The molecule has 0 aliphatic carbocycles. The summed E-state index contributed by atoms with van der Waals surface area (Å²) in [5, 5.41) is 3.32. The number of carbonyl (C=O) groups is 1. The first kappa shape index (κ1) is 14.4. The van der Waals surface area contributed by atoms with Crippen molar-refractivity contribution in [3.05, 3.63) is 0 Å². The number of hydrogen-bond acceptors (Lipinski definition) is 4. The molecular formula is C12H26N4O. The average molecular weight is 242 g/mol. The molecule has 0 aromatic rings. The number of nitrogens with one attached hydrogen (secondary N) is 1. The zero-order chi connectivity index (χ0) is 12.8. The van der Waals surface area contributed by atoms with E-state index in [1.54, 1.807) is 0 Å². The van der Waals surface area contributed by atoms with Crippen molar-refractivity contribution in [1.29, 1.82) is 0 Å². The molecule has 1 heterocycles. The van der Waals surface area contributed by atoms with E-state index in [9.17, 15) is 4.79 Å². The van der Waals surface area contributed by atoms with Crippen LogP contribution in [0.15, 0.2) is 0 Å². The number of amides is 1. The predicted molar refractivity (Wildman–Crippen MR) is 69.8 cm³/mol. The van der Waals surface area contributed by atoms with Gasteiger partial charge in [-0.1, -0.05) is 0 Å². The molecule has 0 aromatic heterocycles. The second-order valence-electron chi connectivity index (χ2n) is 4.52. The topological polar surface area (TPSA) is 61.6 Å². The minimum Gasteiger partial charge on any atom is -0.342 e. The van der Waals surface area contributed by atoms with Crippen molar-refractivity contribution in [1.82, 2.24) is 15.1 Å². The van der Waals surface area contributed by atoms with E-state index < -0.39 is 0 Å². The van der Waals surface area contributed by atoms with Crippen molar-refractivity contribution < 1.29 is 4.79 Å². The van der Waals surface area contributed by atoms with Gasteiger partial charge in [-0.05, 0) is 20.8 Å². The number of rotatable bonds is 5. The van der Waals surface area contributed by atoms with E-state index in [-0.39, 0.29) is 18.0 Å². The molecule has 0 bridgehead atoms. The fourth-order valence-electron chi connectivity index (χ4n) is 2.45. The van der Waals surface area contributed by atoms with Gasteiger partial charge in [-0.15, -0.1) is 0 Å². The molecule has 2 unspecified atom stereocenters. The summed E-state index contributed by atoms with van der Waals surface area (Å²) in [6, 6.07) is 0.212. The quantitative estimate of drug-likeness (QED) is 0.681. The Kier molecular flexibility index (Phi) is 5.88. The summed E-state index contributed by atoms with van der Waals surface area (Å²) in [5.41, 5.74) is 5.77. The molecule has 0 spiro atoms. The highest BCUT2D eigenvalue weighted by Gasteiger charge is 2.30. The number of hydrogen-bond donors (Lipinski definition) is 2. The van der Waals surface area contributed by atoms with E-state index in [1.807, 2.05) is 25.7 Å². The molecule has 3 N–H and O–H groups in total. The Labute approximate surface area is 104 Å². The van der Waals surface area contributed by atoms with Gasteiger partial charge in [0.25, 0.3) is 0 Å². The largest absolute Gasteiger partial charge is 0.342 e. The van der Waals surface area contributed by atoms with Crippen LogP contribution in [0.2, 0.25) is 0 Å². The van der Waals surface area contributed by atoms with Crippen LogP contribution in [0.5, 0.6) is 0 Å². The van der Waals surface area contributed by atoms with Crippen molar-refractivity contribution in [2.75, 3.05) is 39.3 Å². The highest BCUT2D eigenvalue weighted by molar-refractivity contribution is 5.81. The molecule has 1 amide bonds. The van der Waals surface area contributed by atoms with E-state index >= 15 is 0 Å². The van der Waals surface area contributed by atoms with Gasteiger partial charge in [-0.25, -0.2) is 0 Å². The maximum absolute atomic E-state index is 12.3. The number of piperazine rings is 1. The summed E-state index contributed by atoms with van der Waals surface area (Å²) >= 11 is 0. The number of nitrogens with two attached hydrogens (primary N) is 1. The maximum atomic E-state index is 12.3. The van der Waals surface area contributed by atoms with E-state index in [0.717, 1.165) is 32.7 Å². The van der Waals surface area contributed by atoms with E-state index in [1.165, 1.54) is 0 Å². The molecule has 0 saturated carbocycles. The minimum absolute atomic E-state index is 0.0643. The normalized spacial score (nSPS) is 23.4. The lowest BCUT2D eigenvalue weighted by Gasteiger charge is -2.40. The van der Waals surface area contributed by atoms with Gasteiger partial charge >= 0.3 is 0 Å². The summed E-state index contributed by atoms with van der Waals surface area (Å²) in [6.07, 6.45) is 0. The van der Waals surface area contributed by atoms with Crippen molar-refractivity contribution in [3.8, 4) is 0 Å². The molecule has 1 fully saturated rings. The highest BCUT2D eigenvalue weighted by atomic mass is 16.2. The third-order valence-electron chi connectivity index (χ3n) is 3.60. The average Bonchev–Trinajstić information content (AvgIpc) is 2.39. The fraction of sp³-hybridized carbons (Fsp3) is 0.917. The van der Waals surface area contributed by atoms with Crippen LogP contribution in [-0.2, 0) is 4.79 Å². The second-order valence-corrected chi connectivity index (χ2v) is 4.52. The third kappa shape index (κ3) is 3.40. The van der Waals surface area contributed by atoms with Gasteiger partial charge in [0, 0.05) is 45.3 Å². The molecule has 5 nitrogen and oxygen atoms in total. The van der Waals surface area contributed by atoms with Crippen LogP contribution in [0.25, 0.3) is 0 Å². The first-order valence-electron chi connectivity index (χ1n) is 6.60. The van der Waals surface area contributed by atoms with Crippen LogP contribution >= 0.6 is 0 Å². The second kappa shape index (κ2) is 6.93. The van der Waals surface area contributed by atoms with Crippen LogP contribution in [0.4, 0.5) is 0 Å². The molecular weight excluding hydrogens is 216 g/mol. The van der Waals surface area contributed by atoms with Crippen molar-refractivity contribution in [2.24, 2.45) is 5.73 Å². The van der Waals surface area contributed by atoms with Crippen molar-refractivity contribution >= 4 is 5.91 Å². The Balaban J connectivity index is 2.66. The van der Waals surface area contributed by atoms with Crippen LogP contribution in [0.1, 0.15) is 20.8 Å². The van der Waals surface area contributed by atoms with E-state index in [0.29, 0.717) is 6.54 Å². The molecule has 0 aromatic carbocycles. The first-order chi connectivity index (χ1) is 8.15. The summed E-state index contributed by atoms with van der Waals surface area (Å²) in [6.45, 7) is 10.9. The van der Waals surface area contributed by atoms with Gasteiger partial charge in [0.1, 0.15) is 0 Å². The van der Waals surface area contributed by atoms with Gasteiger partial charge in [-0.2, -0.15) is 0 Å². The molecule has 1 aliphatic rings. The van der Waals surface area contributed by atoms with Crippen LogP contribution in [0.3, 0.4) is 0 Å². The summed E-state index contributed by atoms with van der Waals surface area (Å²) in [4.78, 5) is 16.4. The monoisotopic (exact) mass is 242 g/mol. The zero-order valence-electron chi connectivity index (χ0n) is 11.3. The molecule has 17 heavy (non-hydrogen) atoms. The van der Waals surface area contributed by atoms with Crippen molar-refractivity contribution in [3.63, 3.8) is 0 Å². The molecule has 0 radical (unpaired) electrons. The van der Waals surface area contributed by atoms with Crippen LogP contribution in [-0.4, -0.2) is 67.1 Å². The fourth-order valence-corrected chi connectivity index (χ4v) is 2.45. The van der Waals surface area contributed by atoms with Gasteiger partial charge in [0.2, 0.25) is 5.91 Å². The zero-order valence-corrected chi connectivity index (χ0v) is 11.3. The van der Waals surface area contributed by atoms with Gasteiger partial charge < -0.3 is 16.0 Å². The number of nitrogens with zero attached hydrogens (tertiary/aromatic N) is 2. The lowest BCUT2D eigenvalue weighted by Crippen LogP contribution is -2.60. The molecule has 5 heteroatoms. The Bertz CT molecular complexity index is 243. The summed E-state index contributed by atoms with van der Waals surface area (Å²) < 4.78 is 0. The Morgan fingerprint density at radius 2 is 2.18 bits per heavy atom.